The van der Waals surface area contributed by atoms with Crippen LogP contribution in [0.1, 0.15) is 42.6 Å². The van der Waals surface area contributed by atoms with Crippen LogP contribution in [0, 0.1) is 6.92 Å². The number of carbonyl (C=O) groups excluding carboxylic acids is 1. The zero-order chi connectivity index (χ0) is 24.7. The number of imidazole rings is 1. The minimum Gasteiger partial charge on any atom is -0.419 e. The fourth-order valence-electron chi connectivity index (χ4n) is 3.77. The molecule has 1 aliphatic rings. The van der Waals surface area contributed by atoms with E-state index in [2.05, 4.69) is 25.8 Å². The average molecular weight is 476 g/mol. The van der Waals surface area contributed by atoms with Crippen LogP contribution >= 0.6 is 0 Å². The Kier molecular flexibility index (Phi) is 5.68. The van der Waals surface area contributed by atoms with Crippen molar-refractivity contribution in [1.82, 2.24) is 29.7 Å². The van der Waals surface area contributed by atoms with E-state index in [9.17, 15) is 9.90 Å². The van der Waals surface area contributed by atoms with Gasteiger partial charge in [0.15, 0.2) is 5.65 Å². The Labute approximate surface area is 202 Å². The molecule has 35 heavy (non-hydrogen) atoms. The van der Waals surface area contributed by atoms with E-state index in [-0.39, 0.29) is 5.91 Å². The second-order valence-corrected chi connectivity index (χ2v) is 9.61. The van der Waals surface area contributed by atoms with E-state index in [1.54, 1.807) is 54.6 Å². The van der Waals surface area contributed by atoms with E-state index in [0.29, 0.717) is 41.2 Å². The molecule has 4 aromatic rings. The van der Waals surface area contributed by atoms with Crippen molar-refractivity contribution in [3.63, 3.8) is 0 Å². The first kappa shape index (κ1) is 22.9. The molecule has 1 aliphatic carbocycles. The smallest absolute Gasteiger partial charge is 0.251 e. The third kappa shape index (κ3) is 4.97. The standard InChI is InChI=1S/C25H29N7O3/c1-15-11-16(5-8-18(15)24(33)29-17-6-7-17)20-13-26-23-19(27-14-25(2,3)34)12-21(30-32(20)23)35-22-9-10-28-31(22)4/h5,8-13,17,27,34H,6-7,14H2,1-4H3,(H,29,33). The number of hydrogen-bond acceptors (Lipinski definition) is 7. The van der Waals surface area contributed by atoms with Crippen LogP contribution in [-0.4, -0.2) is 53.6 Å². The Balaban J connectivity index is 1.54. The summed E-state index contributed by atoms with van der Waals surface area (Å²) in [6.07, 6.45) is 5.48. The molecule has 0 radical (unpaired) electrons. The SMILES string of the molecule is Cc1cc(-c2cnc3c(NCC(C)(C)O)cc(Oc4ccnn4C)nn23)ccc1C(=O)NC1CC1. The van der Waals surface area contributed by atoms with Gasteiger partial charge in [0.2, 0.25) is 11.8 Å². The summed E-state index contributed by atoms with van der Waals surface area (Å²) in [5.74, 6) is 0.836. The van der Waals surface area contributed by atoms with Crippen molar-refractivity contribution in [3.05, 3.63) is 53.9 Å². The van der Waals surface area contributed by atoms with Gasteiger partial charge in [-0.05, 0) is 51.3 Å². The van der Waals surface area contributed by atoms with Crippen LogP contribution in [-0.2, 0) is 7.05 Å². The molecule has 3 N–H and O–H groups in total. The number of nitrogens with zero attached hydrogens (tertiary/aromatic N) is 5. The van der Waals surface area contributed by atoms with Crippen LogP contribution in [0.4, 0.5) is 5.69 Å². The molecule has 10 nitrogen and oxygen atoms in total. The molecule has 3 aromatic heterocycles. The van der Waals surface area contributed by atoms with Crippen molar-refractivity contribution in [2.45, 2.75) is 45.3 Å². The molecule has 0 saturated heterocycles. The summed E-state index contributed by atoms with van der Waals surface area (Å²) in [5.41, 5.74) is 3.49. The van der Waals surface area contributed by atoms with Gasteiger partial charge in [-0.15, -0.1) is 5.10 Å². The summed E-state index contributed by atoms with van der Waals surface area (Å²) in [5, 5.41) is 25.3. The van der Waals surface area contributed by atoms with E-state index in [4.69, 9.17) is 4.74 Å². The lowest BCUT2D eigenvalue weighted by molar-refractivity contribution is 0.0940. The number of anilines is 1. The lowest BCUT2D eigenvalue weighted by Crippen LogP contribution is -2.29. The van der Waals surface area contributed by atoms with E-state index >= 15 is 0 Å². The maximum atomic E-state index is 12.6. The molecule has 0 atom stereocenters. The second-order valence-electron chi connectivity index (χ2n) is 9.61. The summed E-state index contributed by atoms with van der Waals surface area (Å²) >= 11 is 0. The van der Waals surface area contributed by atoms with Crippen molar-refractivity contribution >= 4 is 17.2 Å². The molecule has 0 unspecified atom stereocenters. The quantitative estimate of drug-likeness (QED) is 0.358. The highest BCUT2D eigenvalue weighted by Gasteiger charge is 2.25. The Morgan fingerprint density at radius 1 is 1.26 bits per heavy atom. The Hall–Kier alpha value is -3.92. The van der Waals surface area contributed by atoms with Gasteiger partial charge in [0.1, 0.15) is 0 Å². The first-order chi connectivity index (χ1) is 16.7. The molecule has 1 aromatic carbocycles. The normalized spacial score (nSPS) is 13.7. The molecular formula is C25H29N7O3. The lowest BCUT2D eigenvalue weighted by atomic mass is 10.0. The van der Waals surface area contributed by atoms with Crippen LogP contribution < -0.4 is 15.4 Å². The van der Waals surface area contributed by atoms with E-state index in [1.807, 2.05) is 25.1 Å². The number of ether oxygens (including phenoxy) is 1. The van der Waals surface area contributed by atoms with E-state index in [0.717, 1.165) is 29.7 Å². The fourth-order valence-corrected chi connectivity index (χ4v) is 3.77. The number of carbonyl (C=O) groups is 1. The Morgan fingerprint density at radius 3 is 2.71 bits per heavy atom. The van der Waals surface area contributed by atoms with Crippen LogP contribution in [0.25, 0.3) is 16.9 Å². The monoisotopic (exact) mass is 475 g/mol. The summed E-state index contributed by atoms with van der Waals surface area (Å²) in [7, 11) is 1.79. The minimum atomic E-state index is -0.924. The van der Waals surface area contributed by atoms with Crippen LogP contribution in [0.15, 0.2) is 42.7 Å². The molecule has 182 valence electrons. The number of benzene rings is 1. The van der Waals surface area contributed by atoms with Crippen LogP contribution in [0.2, 0.25) is 0 Å². The zero-order valence-electron chi connectivity index (χ0n) is 20.2. The molecule has 0 spiro atoms. The van der Waals surface area contributed by atoms with Crippen molar-refractivity contribution in [3.8, 4) is 23.0 Å². The second kappa shape index (κ2) is 8.70. The van der Waals surface area contributed by atoms with Gasteiger partial charge in [-0.3, -0.25) is 4.79 Å². The number of aliphatic hydroxyl groups is 1. The van der Waals surface area contributed by atoms with Gasteiger partial charge in [0, 0.05) is 42.9 Å². The summed E-state index contributed by atoms with van der Waals surface area (Å²) in [6, 6.07) is 9.51. The highest BCUT2D eigenvalue weighted by Crippen LogP contribution is 2.30. The number of fused-ring (bicyclic) bond motifs is 1. The van der Waals surface area contributed by atoms with Crippen molar-refractivity contribution in [1.29, 1.82) is 0 Å². The van der Waals surface area contributed by atoms with Gasteiger partial charge in [-0.1, -0.05) is 6.07 Å². The largest absolute Gasteiger partial charge is 0.419 e. The van der Waals surface area contributed by atoms with Gasteiger partial charge < -0.3 is 20.5 Å². The van der Waals surface area contributed by atoms with Crippen LogP contribution in [0.3, 0.4) is 0 Å². The highest BCUT2D eigenvalue weighted by molar-refractivity contribution is 5.96. The zero-order valence-corrected chi connectivity index (χ0v) is 20.2. The maximum absolute atomic E-state index is 12.6. The number of aryl methyl sites for hydroxylation is 2. The van der Waals surface area contributed by atoms with Gasteiger partial charge >= 0.3 is 0 Å². The number of hydrogen-bond donors (Lipinski definition) is 3. The molecule has 5 rings (SSSR count). The Bertz CT molecular complexity index is 1400. The molecule has 1 fully saturated rings. The van der Waals surface area contributed by atoms with Crippen molar-refractivity contribution < 1.29 is 14.6 Å². The number of amides is 1. The highest BCUT2D eigenvalue weighted by atomic mass is 16.5. The number of nitrogens with one attached hydrogen (secondary N) is 2. The molecule has 0 aliphatic heterocycles. The third-order valence-electron chi connectivity index (χ3n) is 5.82. The van der Waals surface area contributed by atoms with Gasteiger partial charge in [0.25, 0.3) is 5.91 Å². The fraction of sp³-hybridized carbons (Fsp3) is 0.360. The number of rotatable bonds is 8. The first-order valence-corrected chi connectivity index (χ1v) is 11.6. The van der Waals surface area contributed by atoms with E-state index < -0.39 is 5.60 Å². The molecule has 3 heterocycles. The van der Waals surface area contributed by atoms with Crippen molar-refractivity contribution in [2.75, 3.05) is 11.9 Å². The van der Waals surface area contributed by atoms with Crippen LogP contribution in [0.5, 0.6) is 11.8 Å². The summed E-state index contributed by atoms with van der Waals surface area (Å²) in [6.45, 7) is 5.69. The molecule has 0 bridgehead atoms. The molecule has 10 heteroatoms. The van der Waals surface area contributed by atoms with Gasteiger partial charge in [0.05, 0.1) is 29.4 Å². The molecule has 1 amide bonds. The average Bonchev–Trinajstić information content (AvgIpc) is 3.36. The predicted molar refractivity (Wildman–Crippen MR) is 132 cm³/mol. The van der Waals surface area contributed by atoms with Gasteiger partial charge in [-0.2, -0.15) is 5.10 Å². The number of aromatic nitrogens is 5. The third-order valence-corrected chi connectivity index (χ3v) is 5.82. The van der Waals surface area contributed by atoms with Crippen molar-refractivity contribution in [2.24, 2.45) is 7.05 Å². The Morgan fingerprint density at radius 2 is 2.06 bits per heavy atom. The topological polar surface area (TPSA) is 119 Å². The lowest BCUT2D eigenvalue weighted by Gasteiger charge is -2.19. The molecular weight excluding hydrogens is 446 g/mol. The summed E-state index contributed by atoms with van der Waals surface area (Å²) < 4.78 is 9.31. The van der Waals surface area contributed by atoms with E-state index in [1.165, 1.54) is 0 Å². The predicted octanol–water partition coefficient (Wildman–Crippen LogP) is 3.31. The minimum absolute atomic E-state index is 0.0437. The molecule has 1 saturated carbocycles. The first-order valence-electron chi connectivity index (χ1n) is 11.6. The maximum Gasteiger partial charge on any atom is 0.251 e. The van der Waals surface area contributed by atoms with Gasteiger partial charge in [-0.25, -0.2) is 14.2 Å². The summed E-state index contributed by atoms with van der Waals surface area (Å²) in [4.78, 5) is 17.1.